The highest BCUT2D eigenvalue weighted by molar-refractivity contribution is 6.35. The number of carbonyl (C=O) groups is 2. The van der Waals surface area contributed by atoms with Gasteiger partial charge < -0.3 is 10.1 Å². The van der Waals surface area contributed by atoms with Crippen molar-refractivity contribution in [2.24, 2.45) is 5.92 Å². The van der Waals surface area contributed by atoms with Crippen LogP contribution in [0.15, 0.2) is 18.2 Å². The quantitative estimate of drug-likeness (QED) is 0.845. The number of hydrogen-bond acceptors (Lipinski definition) is 3. The molecule has 1 aliphatic carbocycles. The smallest absolute Gasteiger partial charge is 0.340 e. The Hall–Kier alpha value is -1.26. The Morgan fingerprint density at radius 3 is 2.73 bits per heavy atom. The van der Waals surface area contributed by atoms with Gasteiger partial charge in [0, 0.05) is 11.1 Å². The summed E-state index contributed by atoms with van der Waals surface area (Å²) in [5, 5.41) is 3.56. The predicted octanol–water partition coefficient (Wildman–Crippen LogP) is 3.85. The van der Waals surface area contributed by atoms with Gasteiger partial charge in [0.2, 0.25) is 0 Å². The van der Waals surface area contributed by atoms with E-state index >= 15 is 0 Å². The summed E-state index contributed by atoms with van der Waals surface area (Å²) in [4.78, 5) is 23.8. The molecule has 0 radical (unpaired) electrons. The Morgan fingerprint density at radius 2 is 2.00 bits per heavy atom. The standard InChI is InChI=1S/C16H19Cl2NO3/c1-10-4-2-3-5-14(10)19-15(20)9-22-16(21)12-8-11(17)6-7-13(12)18/h6-8,10,14H,2-5,9H2,1H3,(H,19,20)/t10-,14-/m1/s1. The Balaban J connectivity index is 1.85. The molecule has 120 valence electrons. The van der Waals surface area contributed by atoms with Crippen molar-refractivity contribution < 1.29 is 14.3 Å². The van der Waals surface area contributed by atoms with Crippen LogP contribution in [0.3, 0.4) is 0 Å². The Morgan fingerprint density at radius 1 is 1.27 bits per heavy atom. The van der Waals surface area contributed by atoms with Gasteiger partial charge in [-0.1, -0.05) is 43.0 Å². The Bertz CT molecular complexity index is 562. The maximum Gasteiger partial charge on any atom is 0.340 e. The molecule has 0 bridgehead atoms. The molecule has 1 amide bonds. The largest absolute Gasteiger partial charge is 0.452 e. The third-order valence-electron chi connectivity index (χ3n) is 3.94. The minimum absolute atomic E-state index is 0.160. The molecule has 0 heterocycles. The van der Waals surface area contributed by atoms with Gasteiger partial charge >= 0.3 is 5.97 Å². The first-order valence-corrected chi connectivity index (χ1v) is 8.14. The minimum atomic E-state index is -0.653. The molecule has 1 aromatic carbocycles. The summed E-state index contributed by atoms with van der Waals surface area (Å²) in [6.07, 6.45) is 4.41. The molecule has 1 aliphatic rings. The van der Waals surface area contributed by atoms with E-state index in [-0.39, 0.29) is 29.1 Å². The van der Waals surface area contributed by atoms with E-state index in [0.29, 0.717) is 10.9 Å². The van der Waals surface area contributed by atoms with Crippen LogP contribution >= 0.6 is 23.2 Å². The summed E-state index contributed by atoms with van der Waals surface area (Å²) in [5.41, 5.74) is 0.160. The Kier molecular flexibility index (Phi) is 6.09. The molecular weight excluding hydrogens is 325 g/mol. The van der Waals surface area contributed by atoms with E-state index in [1.165, 1.54) is 18.6 Å². The zero-order valence-corrected chi connectivity index (χ0v) is 13.9. The molecule has 1 saturated carbocycles. The van der Waals surface area contributed by atoms with Crippen LogP contribution in [-0.4, -0.2) is 24.5 Å². The molecule has 2 atom stereocenters. The average molecular weight is 344 g/mol. The molecular formula is C16H19Cl2NO3. The maximum absolute atomic E-state index is 11.9. The van der Waals surface area contributed by atoms with Crippen LogP contribution in [-0.2, 0) is 9.53 Å². The molecule has 4 nitrogen and oxygen atoms in total. The zero-order chi connectivity index (χ0) is 16.1. The fourth-order valence-corrected chi connectivity index (χ4v) is 3.01. The minimum Gasteiger partial charge on any atom is -0.452 e. The number of halogens is 2. The number of nitrogens with one attached hydrogen (secondary N) is 1. The highest BCUT2D eigenvalue weighted by Gasteiger charge is 2.23. The van der Waals surface area contributed by atoms with Gasteiger partial charge in [0.1, 0.15) is 0 Å². The van der Waals surface area contributed by atoms with Crippen molar-refractivity contribution in [3.05, 3.63) is 33.8 Å². The molecule has 0 aliphatic heterocycles. The van der Waals surface area contributed by atoms with E-state index < -0.39 is 5.97 Å². The van der Waals surface area contributed by atoms with Gasteiger partial charge in [0.25, 0.3) is 5.91 Å². The first-order chi connectivity index (χ1) is 10.5. The van der Waals surface area contributed by atoms with E-state index in [0.717, 1.165) is 19.3 Å². The third-order valence-corrected chi connectivity index (χ3v) is 4.51. The van der Waals surface area contributed by atoms with Crippen molar-refractivity contribution in [3.8, 4) is 0 Å². The second kappa shape index (κ2) is 7.84. The summed E-state index contributed by atoms with van der Waals surface area (Å²) < 4.78 is 5.01. The summed E-state index contributed by atoms with van der Waals surface area (Å²) in [7, 11) is 0. The average Bonchev–Trinajstić information content (AvgIpc) is 2.49. The highest BCUT2D eigenvalue weighted by atomic mass is 35.5. The van der Waals surface area contributed by atoms with Crippen molar-refractivity contribution in [3.63, 3.8) is 0 Å². The lowest BCUT2D eigenvalue weighted by molar-refractivity contribution is -0.125. The number of rotatable bonds is 4. The van der Waals surface area contributed by atoms with E-state index in [1.807, 2.05) is 0 Å². The van der Waals surface area contributed by atoms with Gasteiger partial charge in [-0.15, -0.1) is 0 Å². The fourth-order valence-electron chi connectivity index (χ4n) is 2.64. The topological polar surface area (TPSA) is 55.4 Å². The van der Waals surface area contributed by atoms with Crippen molar-refractivity contribution in [2.45, 2.75) is 38.6 Å². The van der Waals surface area contributed by atoms with Gasteiger partial charge in [-0.3, -0.25) is 4.79 Å². The van der Waals surface area contributed by atoms with Crippen molar-refractivity contribution in [1.82, 2.24) is 5.32 Å². The van der Waals surface area contributed by atoms with Gasteiger partial charge in [0.05, 0.1) is 10.6 Å². The van der Waals surface area contributed by atoms with Crippen LogP contribution in [0.5, 0.6) is 0 Å². The molecule has 22 heavy (non-hydrogen) atoms. The lowest BCUT2D eigenvalue weighted by Crippen LogP contribution is -2.42. The summed E-state index contributed by atoms with van der Waals surface area (Å²) >= 11 is 11.7. The summed E-state index contributed by atoms with van der Waals surface area (Å²) in [6.45, 7) is 1.81. The molecule has 0 spiro atoms. The molecule has 2 rings (SSSR count). The maximum atomic E-state index is 11.9. The molecule has 1 N–H and O–H groups in total. The van der Waals surface area contributed by atoms with Crippen LogP contribution in [0.25, 0.3) is 0 Å². The van der Waals surface area contributed by atoms with Crippen LogP contribution in [0.1, 0.15) is 43.0 Å². The van der Waals surface area contributed by atoms with Crippen LogP contribution < -0.4 is 5.32 Å². The molecule has 6 heteroatoms. The van der Waals surface area contributed by atoms with E-state index in [9.17, 15) is 9.59 Å². The number of amides is 1. The number of benzene rings is 1. The number of esters is 1. The van der Waals surface area contributed by atoms with Gasteiger partial charge in [-0.25, -0.2) is 4.79 Å². The van der Waals surface area contributed by atoms with Crippen LogP contribution in [0, 0.1) is 5.92 Å². The first-order valence-electron chi connectivity index (χ1n) is 7.39. The van der Waals surface area contributed by atoms with Gasteiger partial charge in [-0.2, -0.15) is 0 Å². The number of ether oxygens (including phenoxy) is 1. The third kappa shape index (κ3) is 4.62. The van der Waals surface area contributed by atoms with Gasteiger partial charge in [0.15, 0.2) is 6.61 Å². The second-order valence-electron chi connectivity index (χ2n) is 5.64. The van der Waals surface area contributed by atoms with Crippen molar-refractivity contribution in [2.75, 3.05) is 6.61 Å². The summed E-state index contributed by atoms with van der Waals surface area (Å²) in [5.74, 6) is -0.486. The lowest BCUT2D eigenvalue weighted by atomic mass is 9.86. The van der Waals surface area contributed by atoms with Gasteiger partial charge in [-0.05, 0) is 37.0 Å². The Labute approximate surface area is 140 Å². The van der Waals surface area contributed by atoms with E-state index in [2.05, 4.69) is 12.2 Å². The first kappa shape index (κ1) is 17.1. The lowest BCUT2D eigenvalue weighted by Gasteiger charge is -2.29. The number of hydrogen-bond donors (Lipinski definition) is 1. The van der Waals surface area contributed by atoms with Crippen molar-refractivity contribution >= 4 is 35.1 Å². The zero-order valence-electron chi connectivity index (χ0n) is 12.4. The molecule has 0 saturated heterocycles. The highest BCUT2D eigenvalue weighted by Crippen LogP contribution is 2.24. The number of carbonyl (C=O) groups excluding carboxylic acids is 2. The second-order valence-corrected chi connectivity index (χ2v) is 6.48. The normalized spacial score (nSPS) is 21.2. The molecule has 1 aromatic rings. The molecule has 0 aromatic heterocycles. The molecule has 0 unspecified atom stereocenters. The van der Waals surface area contributed by atoms with E-state index in [4.69, 9.17) is 27.9 Å². The summed E-state index contributed by atoms with van der Waals surface area (Å²) in [6, 6.07) is 4.69. The van der Waals surface area contributed by atoms with Crippen LogP contribution in [0.4, 0.5) is 0 Å². The monoisotopic (exact) mass is 343 g/mol. The predicted molar refractivity (Wildman–Crippen MR) is 86.3 cm³/mol. The van der Waals surface area contributed by atoms with E-state index in [1.54, 1.807) is 6.07 Å². The van der Waals surface area contributed by atoms with Crippen LogP contribution in [0.2, 0.25) is 10.0 Å². The van der Waals surface area contributed by atoms with Crippen molar-refractivity contribution in [1.29, 1.82) is 0 Å². The fraction of sp³-hybridized carbons (Fsp3) is 0.500. The SMILES string of the molecule is C[C@@H]1CCCC[C@H]1NC(=O)COC(=O)c1cc(Cl)ccc1Cl. The molecule has 1 fully saturated rings.